The highest BCUT2D eigenvalue weighted by Crippen LogP contribution is 2.38. The van der Waals surface area contributed by atoms with Crippen LogP contribution in [-0.2, 0) is 24.4 Å². The maximum Gasteiger partial charge on any atom is 0.289 e. The van der Waals surface area contributed by atoms with Crippen LogP contribution in [0.4, 0.5) is 4.39 Å². The standard InChI is InChI=1S/C33H33FN2O4/c1-22(2)32(37)36-18-17-24-11-14-27(19-29(24)31(36)25-9-12-26(34)13-10-25)39-21-28-15-16-30(40-28)33(38)35(3)20-23-7-5-4-6-8-23/h4-16,19,22,31H,17-18,20-21H2,1-3H3. The smallest absolute Gasteiger partial charge is 0.289 e. The van der Waals surface area contributed by atoms with Crippen LogP contribution in [0.1, 0.15) is 58.5 Å². The first kappa shape index (κ1) is 27.2. The molecule has 2 amide bonds. The van der Waals surface area contributed by atoms with E-state index in [9.17, 15) is 14.0 Å². The summed E-state index contributed by atoms with van der Waals surface area (Å²) in [4.78, 5) is 29.5. The lowest BCUT2D eigenvalue weighted by molar-refractivity contribution is -0.136. The summed E-state index contributed by atoms with van der Waals surface area (Å²) >= 11 is 0. The topological polar surface area (TPSA) is 63.0 Å². The van der Waals surface area contributed by atoms with Crippen molar-refractivity contribution in [3.63, 3.8) is 0 Å². The Balaban J connectivity index is 1.32. The molecule has 3 aromatic carbocycles. The third kappa shape index (κ3) is 5.93. The predicted molar refractivity (Wildman–Crippen MR) is 150 cm³/mol. The molecule has 0 N–H and O–H groups in total. The van der Waals surface area contributed by atoms with Crippen LogP contribution in [0.25, 0.3) is 0 Å². The fraction of sp³-hybridized carbons (Fsp3) is 0.273. The second kappa shape index (κ2) is 11.8. The number of hydrogen-bond donors (Lipinski definition) is 0. The number of nitrogens with zero attached hydrogens (tertiary/aromatic N) is 2. The number of amides is 2. The molecule has 206 valence electrons. The van der Waals surface area contributed by atoms with Gasteiger partial charge in [-0.05, 0) is 65.1 Å². The molecule has 6 nitrogen and oxygen atoms in total. The Morgan fingerprint density at radius 3 is 2.50 bits per heavy atom. The van der Waals surface area contributed by atoms with Gasteiger partial charge in [-0.1, -0.05) is 62.4 Å². The van der Waals surface area contributed by atoms with E-state index in [1.807, 2.05) is 67.3 Å². The summed E-state index contributed by atoms with van der Waals surface area (Å²) in [6.07, 6.45) is 0.728. The normalized spacial score (nSPS) is 14.6. The zero-order valence-electron chi connectivity index (χ0n) is 23.0. The van der Waals surface area contributed by atoms with Gasteiger partial charge in [0, 0.05) is 26.1 Å². The molecule has 0 saturated carbocycles. The molecule has 5 rings (SSSR count). The van der Waals surface area contributed by atoms with Crippen molar-refractivity contribution in [1.82, 2.24) is 9.80 Å². The first-order valence-corrected chi connectivity index (χ1v) is 13.5. The SMILES string of the molecule is CC(C)C(=O)N1CCc2ccc(OCc3ccc(C(=O)N(C)Cc4ccccc4)o3)cc2C1c1ccc(F)cc1. The van der Waals surface area contributed by atoms with Gasteiger partial charge < -0.3 is 19.0 Å². The highest BCUT2D eigenvalue weighted by atomic mass is 19.1. The van der Waals surface area contributed by atoms with Crippen LogP contribution in [0.5, 0.6) is 5.75 Å². The maximum atomic E-state index is 13.7. The van der Waals surface area contributed by atoms with Gasteiger partial charge in [0.25, 0.3) is 5.91 Å². The molecule has 0 bridgehead atoms. The number of fused-ring (bicyclic) bond motifs is 1. The minimum Gasteiger partial charge on any atom is -0.486 e. The third-order valence-electron chi connectivity index (χ3n) is 7.17. The first-order valence-electron chi connectivity index (χ1n) is 13.5. The lowest BCUT2D eigenvalue weighted by Gasteiger charge is -2.39. The Kier molecular flexibility index (Phi) is 8.01. The number of hydrogen-bond acceptors (Lipinski definition) is 4. The predicted octanol–water partition coefficient (Wildman–Crippen LogP) is 6.40. The lowest BCUT2D eigenvalue weighted by atomic mass is 9.87. The Morgan fingerprint density at radius 1 is 1.02 bits per heavy atom. The van der Waals surface area contributed by atoms with Gasteiger partial charge in [-0.15, -0.1) is 0 Å². The number of benzene rings is 3. The molecule has 1 aromatic heterocycles. The van der Waals surface area contributed by atoms with Crippen molar-refractivity contribution in [2.24, 2.45) is 5.92 Å². The molecule has 1 unspecified atom stereocenters. The summed E-state index contributed by atoms with van der Waals surface area (Å²) in [6, 6.07) is 25.0. The molecule has 0 spiro atoms. The van der Waals surface area contributed by atoms with Crippen LogP contribution in [0.15, 0.2) is 89.3 Å². The van der Waals surface area contributed by atoms with Crippen molar-refractivity contribution in [1.29, 1.82) is 0 Å². The van der Waals surface area contributed by atoms with E-state index in [0.717, 1.165) is 28.7 Å². The summed E-state index contributed by atoms with van der Waals surface area (Å²) in [6.45, 7) is 4.99. The highest BCUT2D eigenvalue weighted by molar-refractivity contribution is 5.91. The van der Waals surface area contributed by atoms with E-state index in [0.29, 0.717) is 24.6 Å². The Bertz CT molecular complexity index is 1480. The molecule has 2 heterocycles. The molecule has 0 aliphatic carbocycles. The van der Waals surface area contributed by atoms with E-state index < -0.39 is 0 Å². The van der Waals surface area contributed by atoms with Gasteiger partial charge in [0.15, 0.2) is 5.76 Å². The van der Waals surface area contributed by atoms with Crippen molar-refractivity contribution in [2.45, 2.75) is 39.5 Å². The number of ether oxygens (including phenoxy) is 1. The summed E-state index contributed by atoms with van der Waals surface area (Å²) in [5.41, 5.74) is 3.97. The molecular weight excluding hydrogens is 507 g/mol. The summed E-state index contributed by atoms with van der Waals surface area (Å²) in [7, 11) is 1.74. The number of carbonyl (C=O) groups excluding carboxylic acids is 2. The van der Waals surface area contributed by atoms with Gasteiger partial charge in [-0.2, -0.15) is 0 Å². The van der Waals surface area contributed by atoms with Gasteiger partial charge >= 0.3 is 0 Å². The molecular formula is C33H33FN2O4. The van der Waals surface area contributed by atoms with Crippen LogP contribution >= 0.6 is 0 Å². The van der Waals surface area contributed by atoms with E-state index in [2.05, 4.69) is 0 Å². The van der Waals surface area contributed by atoms with Crippen molar-refractivity contribution < 1.29 is 23.1 Å². The van der Waals surface area contributed by atoms with Crippen LogP contribution in [0.3, 0.4) is 0 Å². The fourth-order valence-electron chi connectivity index (χ4n) is 5.10. The largest absolute Gasteiger partial charge is 0.486 e. The third-order valence-corrected chi connectivity index (χ3v) is 7.17. The van der Waals surface area contributed by atoms with E-state index in [1.54, 1.807) is 36.2 Å². The molecule has 1 atom stereocenters. The Hall–Kier alpha value is -4.39. The summed E-state index contributed by atoms with van der Waals surface area (Å²) < 4.78 is 25.6. The average Bonchev–Trinajstić information content (AvgIpc) is 3.44. The van der Waals surface area contributed by atoms with Crippen molar-refractivity contribution >= 4 is 11.8 Å². The quantitative estimate of drug-likeness (QED) is 0.260. The fourth-order valence-corrected chi connectivity index (χ4v) is 5.10. The van der Waals surface area contributed by atoms with Gasteiger partial charge in [0.05, 0.1) is 6.04 Å². The molecule has 0 radical (unpaired) electrons. The lowest BCUT2D eigenvalue weighted by Crippen LogP contribution is -2.42. The van der Waals surface area contributed by atoms with Crippen molar-refractivity contribution in [3.8, 4) is 5.75 Å². The van der Waals surface area contributed by atoms with Crippen molar-refractivity contribution in [2.75, 3.05) is 13.6 Å². The zero-order chi connectivity index (χ0) is 28.2. The second-order valence-electron chi connectivity index (χ2n) is 10.5. The second-order valence-corrected chi connectivity index (χ2v) is 10.5. The van der Waals surface area contributed by atoms with Gasteiger partial charge in [0.2, 0.25) is 5.91 Å². The molecule has 1 aliphatic rings. The van der Waals surface area contributed by atoms with Crippen LogP contribution in [-0.4, -0.2) is 35.2 Å². The zero-order valence-corrected chi connectivity index (χ0v) is 23.0. The van der Waals surface area contributed by atoms with Gasteiger partial charge in [0.1, 0.15) is 23.9 Å². The molecule has 7 heteroatoms. The maximum absolute atomic E-state index is 13.7. The van der Waals surface area contributed by atoms with Crippen LogP contribution in [0.2, 0.25) is 0 Å². The Morgan fingerprint density at radius 2 is 1.77 bits per heavy atom. The average molecular weight is 541 g/mol. The van der Waals surface area contributed by atoms with Crippen LogP contribution in [0, 0.1) is 11.7 Å². The summed E-state index contributed by atoms with van der Waals surface area (Å²) in [5.74, 6) is 0.766. The molecule has 0 fully saturated rings. The number of furan rings is 1. The van der Waals surface area contributed by atoms with E-state index in [4.69, 9.17) is 9.15 Å². The number of halogens is 1. The Labute approximate surface area is 234 Å². The minimum atomic E-state index is -0.337. The van der Waals surface area contributed by atoms with Gasteiger partial charge in [-0.25, -0.2) is 4.39 Å². The monoisotopic (exact) mass is 540 g/mol. The van der Waals surface area contributed by atoms with Crippen LogP contribution < -0.4 is 4.74 Å². The minimum absolute atomic E-state index is 0.0521. The number of carbonyl (C=O) groups is 2. The van der Waals surface area contributed by atoms with Crippen molar-refractivity contribution in [3.05, 3.63) is 125 Å². The van der Waals surface area contributed by atoms with E-state index in [-0.39, 0.29) is 42.0 Å². The molecule has 1 aliphatic heterocycles. The number of rotatable bonds is 8. The molecule has 40 heavy (non-hydrogen) atoms. The van der Waals surface area contributed by atoms with E-state index in [1.165, 1.54) is 12.1 Å². The summed E-state index contributed by atoms with van der Waals surface area (Å²) in [5, 5.41) is 0. The van der Waals surface area contributed by atoms with E-state index >= 15 is 0 Å². The molecule has 4 aromatic rings. The molecule has 0 saturated heterocycles. The van der Waals surface area contributed by atoms with Gasteiger partial charge in [-0.3, -0.25) is 9.59 Å². The first-order chi connectivity index (χ1) is 19.3. The highest BCUT2D eigenvalue weighted by Gasteiger charge is 2.33.